The maximum Gasteiger partial charge on any atom is 0.225 e. The molecule has 0 aromatic carbocycles. The van der Waals surface area contributed by atoms with Crippen molar-refractivity contribution in [2.75, 3.05) is 13.1 Å². The van der Waals surface area contributed by atoms with Gasteiger partial charge in [0.2, 0.25) is 5.91 Å². The molecule has 1 fully saturated rings. The van der Waals surface area contributed by atoms with E-state index in [1.165, 1.54) is 0 Å². The van der Waals surface area contributed by atoms with Crippen molar-refractivity contribution in [3.63, 3.8) is 0 Å². The van der Waals surface area contributed by atoms with Gasteiger partial charge in [-0.2, -0.15) is 5.10 Å². The number of carbonyl (C=O) groups excluding carboxylic acids is 1. The van der Waals surface area contributed by atoms with Crippen molar-refractivity contribution in [1.82, 2.24) is 25.4 Å². The van der Waals surface area contributed by atoms with Crippen molar-refractivity contribution in [1.29, 1.82) is 0 Å². The van der Waals surface area contributed by atoms with E-state index in [0.717, 1.165) is 17.1 Å². The summed E-state index contributed by atoms with van der Waals surface area (Å²) in [6.45, 7) is 5.48. The molecule has 2 aromatic heterocycles. The molecule has 1 saturated heterocycles. The molecule has 3 heterocycles. The molecule has 1 aliphatic heterocycles. The molecule has 0 spiro atoms. The molecule has 0 aliphatic carbocycles. The van der Waals surface area contributed by atoms with Gasteiger partial charge in [0.25, 0.3) is 0 Å². The van der Waals surface area contributed by atoms with E-state index in [4.69, 9.17) is 0 Å². The third-order valence-electron chi connectivity index (χ3n) is 4.11. The molecule has 2 atom stereocenters. The Balaban J connectivity index is 1.74. The van der Waals surface area contributed by atoms with Crippen molar-refractivity contribution in [3.05, 3.63) is 34.5 Å². The van der Waals surface area contributed by atoms with E-state index in [-0.39, 0.29) is 17.7 Å². The lowest BCUT2D eigenvalue weighted by Gasteiger charge is -2.27. The highest BCUT2D eigenvalue weighted by Gasteiger charge is 2.37. The number of rotatable bonds is 4. The van der Waals surface area contributed by atoms with Gasteiger partial charge in [-0.25, -0.2) is 4.98 Å². The molecule has 3 rings (SSSR count). The second-order valence-electron chi connectivity index (χ2n) is 6.27. The van der Waals surface area contributed by atoms with Gasteiger partial charge in [-0.3, -0.25) is 9.48 Å². The molecule has 0 saturated carbocycles. The lowest BCUT2D eigenvalue weighted by molar-refractivity contribution is -0.126. The first-order valence-corrected chi connectivity index (χ1v) is 8.26. The minimum atomic E-state index is -0.451. The molecule has 1 aliphatic rings. The first kappa shape index (κ1) is 15.2. The number of hydrogen-bond donors (Lipinski definition) is 2. The summed E-state index contributed by atoms with van der Waals surface area (Å²) in [5.41, 5.74) is 0.660. The number of nitrogens with zero attached hydrogens (tertiary/aromatic N) is 3. The van der Waals surface area contributed by atoms with Crippen molar-refractivity contribution >= 4 is 17.2 Å². The van der Waals surface area contributed by atoms with Crippen LogP contribution in [0.1, 0.15) is 30.3 Å². The van der Waals surface area contributed by atoms with Gasteiger partial charge in [-0.1, -0.05) is 0 Å². The molecule has 118 valence electrons. The van der Waals surface area contributed by atoms with Gasteiger partial charge >= 0.3 is 0 Å². The SMILES string of the molecule is Cn1cc([C@H]2CNC[C@@H]2C(=O)NC(C)(C)c2nccs2)cn1. The van der Waals surface area contributed by atoms with Crippen LogP contribution in [0.15, 0.2) is 24.0 Å². The Morgan fingerprint density at radius 1 is 1.50 bits per heavy atom. The summed E-state index contributed by atoms with van der Waals surface area (Å²) in [4.78, 5) is 17.1. The van der Waals surface area contributed by atoms with E-state index in [2.05, 4.69) is 20.7 Å². The predicted octanol–water partition coefficient (Wildman–Crippen LogP) is 1.23. The number of amides is 1. The van der Waals surface area contributed by atoms with E-state index in [1.807, 2.05) is 38.7 Å². The average molecular weight is 319 g/mol. The van der Waals surface area contributed by atoms with E-state index >= 15 is 0 Å². The standard InChI is InChI=1S/C15H21N5OS/c1-15(2,14-17-4-5-22-14)19-13(21)12-8-16-7-11(12)10-6-18-20(3)9-10/h4-6,9,11-12,16H,7-8H2,1-3H3,(H,19,21)/t11-,12+/m1/s1. The number of hydrogen-bond acceptors (Lipinski definition) is 5. The first-order valence-electron chi connectivity index (χ1n) is 7.38. The zero-order valence-corrected chi connectivity index (χ0v) is 13.9. The molecule has 6 nitrogen and oxygen atoms in total. The Morgan fingerprint density at radius 3 is 2.95 bits per heavy atom. The Morgan fingerprint density at radius 2 is 2.32 bits per heavy atom. The molecular formula is C15H21N5OS. The average Bonchev–Trinajstić information content (AvgIpc) is 3.19. The fraction of sp³-hybridized carbons (Fsp3) is 0.533. The second kappa shape index (κ2) is 5.81. The quantitative estimate of drug-likeness (QED) is 0.889. The van der Waals surface area contributed by atoms with Crippen LogP contribution < -0.4 is 10.6 Å². The number of thiazole rings is 1. The minimum Gasteiger partial charge on any atom is -0.344 e. The molecule has 0 radical (unpaired) electrons. The number of aromatic nitrogens is 3. The first-order chi connectivity index (χ1) is 10.5. The van der Waals surface area contributed by atoms with Crippen LogP contribution >= 0.6 is 11.3 Å². The van der Waals surface area contributed by atoms with Crippen LogP contribution in [-0.2, 0) is 17.4 Å². The van der Waals surface area contributed by atoms with E-state index < -0.39 is 5.54 Å². The summed E-state index contributed by atoms with van der Waals surface area (Å²) < 4.78 is 1.78. The highest BCUT2D eigenvalue weighted by molar-refractivity contribution is 7.09. The van der Waals surface area contributed by atoms with Crippen LogP contribution in [0, 0.1) is 5.92 Å². The van der Waals surface area contributed by atoms with Gasteiger partial charge < -0.3 is 10.6 Å². The summed E-state index contributed by atoms with van der Waals surface area (Å²) >= 11 is 1.56. The van der Waals surface area contributed by atoms with Gasteiger partial charge in [0.05, 0.1) is 17.7 Å². The largest absolute Gasteiger partial charge is 0.344 e. The van der Waals surface area contributed by atoms with Crippen molar-refractivity contribution in [3.8, 4) is 0 Å². The van der Waals surface area contributed by atoms with Gasteiger partial charge in [0.15, 0.2) is 0 Å². The maximum atomic E-state index is 12.7. The Hall–Kier alpha value is -1.73. The molecule has 2 aromatic rings. The summed E-state index contributed by atoms with van der Waals surface area (Å²) in [6.07, 6.45) is 5.61. The van der Waals surface area contributed by atoms with E-state index in [1.54, 1.807) is 22.2 Å². The van der Waals surface area contributed by atoms with Gasteiger partial charge in [-0.05, 0) is 19.4 Å². The predicted molar refractivity (Wildman–Crippen MR) is 85.6 cm³/mol. The molecule has 7 heteroatoms. The van der Waals surface area contributed by atoms with Crippen LogP contribution in [0.2, 0.25) is 0 Å². The van der Waals surface area contributed by atoms with E-state index in [0.29, 0.717) is 6.54 Å². The summed E-state index contributed by atoms with van der Waals surface area (Å²) in [7, 11) is 1.90. The van der Waals surface area contributed by atoms with Gasteiger partial charge in [0.1, 0.15) is 5.01 Å². The summed E-state index contributed by atoms with van der Waals surface area (Å²) in [6, 6.07) is 0. The number of carbonyl (C=O) groups is 1. The number of aryl methyl sites for hydroxylation is 1. The Kier molecular flexibility index (Phi) is 4.01. The monoisotopic (exact) mass is 319 g/mol. The maximum absolute atomic E-state index is 12.7. The third kappa shape index (κ3) is 2.91. The van der Waals surface area contributed by atoms with Crippen LogP contribution in [0.3, 0.4) is 0 Å². The molecule has 1 amide bonds. The zero-order valence-electron chi connectivity index (χ0n) is 13.0. The fourth-order valence-corrected chi connectivity index (χ4v) is 3.64. The summed E-state index contributed by atoms with van der Waals surface area (Å²) in [5, 5.41) is 13.5. The normalized spacial score (nSPS) is 22.0. The smallest absolute Gasteiger partial charge is 0.225 e. The second-order valence-corrected chi connectivity index (χ2v) is 7.16. The lowest BCUT2D eigenvalue weighted by atomic mass is 9.89. The topological polar surface area (TPSA) is 71.8 Å². The van der Waals surface area contributed by atoms with Crippen molar-refractivity contribution in [2.45, 2.75) is 25.3 Å². The van der Waals surface area contributed by atoms with E-state index in [9.17, 15) is 4.79 Å². The molecule has 22 heavy (non-hydrogen) atoms. The van der Waals surface area contributed by atoms with Crippen LogP contribution in [0.4, 0.5) is 0 Å². The lowest BCUT2D eigenvalue weighted by Crippen LogP contribution is -2.45. The van der Waals surface area contributed by atoms with Crippen LogP contribution in [0.25, 0.3) is 0 Å². The minimum absolute atomic E-state index is 0.0686. The highest BCUT2D eigenvalue weighted by Crippen LogP contribution is 2.30. The third-order valence-corrected chi connectivity index (χ3v) is 5.20. The molecule has 0 bridgehead atoms. The van der Waals surface area contributed by atoms with Crippen LogP contribution in [-0.4, -0.2) is 33.8 Å². The summed E-state index contributed by atoms with van der Waals surface area (Å²) in [5.74, 6) is 0.156. The van der Waals surface area contributed by atoms with Gasteiger partial charge in [0, 0.05) is 43.8 Å². The molecule has 2 N–H and O–H groups in total. The van der Waals surface area contributed by atoms with Crippen molar-refractivity contribution < 1.29 is 4.79 Å². The fourth-order valence-electron chi connectivity index (χ4n) is 2.92. The molecular weight excluding hydrogens is 298 g/mol. The molecule has 0 unspecified atom stereocenters. The Labute approximate surface area is 133 Å². The highest BCUT2D eigenvalue weighted by atomic mass is 32.1. The zero-order chi connectivity index (χ0) is 15.7. The van der Waals surface area contributed by atoms with Gasteiger partial charge in [-0.15, -0.1) is 11.3 Å². The van der Waals surface area contributed by atoms with Crippen molar-refractivity contribution in [2.24, 2.45) is 13.0 Å². The Bertz CT molecular complexity index is 649. The van der Waals surface area contributed by atoms with Crippen LogP contribution in [0.5, 0.6) is 0 Å². The number of nitrogens with one attached hydrogen (secondary N) is 2.